The van der Waals surface area contributed by atoms with E-state index in [1.165, 1.54) is 4.90 Å². The molecule has 2 atom stereocenters. The monoisotopic (exact) mass is 228 g/mol. The zero-order chi connectivity index (χ0) is 11.5. The van der Waals surface area contributed by atoms with E-state index < -0.39 is 6.04 Å². The molecule has 0 aliphatic carbocycles. The number of hydrogen-bond acceptors (Lipinski definition) is 4. The van der Waals surface area contributed by atoms with Gasteiger partial charge in [0.1, 0.15) is 6.04 Å². The first-order chi connectivity index (χ1) is 7.74. The molecule has 6 nitrogen and oxygen atoms in total. The van der Waals surface area contributed by atoms with E-state index >= 15 is 0 Å². The summed E-state index contributed by atoms with van der Waals surface area (Å²) in [5, 5.41) is 2.67. The highest BCUT2D eigenvalue weighted by molar-refractivity contribution is 6.04. The Morgan fingerprint density at radius 3 is 3.00 bits per heavy atom. The Kier molecular flexibility index (Phi) is 3.40. The molecule has 0 saturated carbocycles. The van der Waals surface area contributed by atoms with E-state index in [2.05, 4.69) is 5.32 Å². The molecule has 90 valence electrons. The van der Waals surface area contributed by atoms with E-state index in [1.807, 2.05) is 0 Å². The summed E-state index contributed by atoms with van der Waals surface area (Å²) in [5.41, 5.74) is 0. The molecule has 2 aliphatic heterocycles. The summed E-state index contributed by atoms with van der Waals surface area (Å²) in [7, 11) is 1.57. The van der Waals surface area contributed by atoms with Gasteiger partial charge >= 0.3 is 6.03 Å². The molecule has 2 heterocycles. The van der Waals surface area contributed by atoms with Gasteiger partial charge < -0.3 is 14.8 Å². The maximum Gasteiger partial charge on any atom is 0.325 e. The molecule has 2 aliphatic rings. The molecule has 0 bridgehead atoms. The van der Waals surface area contributed by atoms with Crippen molar-refractivity contribution in [2.24, 2.45) is 0 Å². The number of hydrogen-bond donors (Lipinski definition) is 1. The summed E-state index contributed by atoms with van der Waals surface area (Å²) in [6.07, 6.45) is 1.25. The average Bonchev–Trinajstić information content (AvgIpc) is 2.85. The molecule has 2 rings (SSSR count). The van der Waals surface area contributed by atoms with E-state index in [-0.39, 0.29) is 18.0 Å². The second kappa shape index (κ2) is 4.80. The van der Waals surface area contributed by atoms with Gasteiger partial charge in [-0.25, -0.2) is 4.79 Å². The van der Waals surface area contributed by atoms with Gasteiger partial charge in [-0.05, 0) is 6.42 Å². The molecule has 0 radical (unpaired) electrons. The van der Waals surface area contributed by atoms with Crippen LogP contribution in [0.3, 0.4) is 0 Å². The van der Waals surface area contributed by atoms with Gasteiger partial charge in [-0.1, -0.05) is 0 Å². The second-order valence-corrected chi connectivity index (χ2v) is 4.01. The van der Waals surface area contributed by atoms with Gasteiger partial charge in [0.05, 0.1) is 12.6 Å². The number of urea groups is 1. The highest BCUT2D eigenvalue weighted by Crippen LogP contribution is 2.19. The fraction of sp³-hybridized carbons (Fsp3) is 0.800. The second-order valence-electron chi connectivity index (χ2n) is 4.01. The van der Waals surface area contributed by atoms with Crippen LogP contribution in [0.25, 0.3) is 0 Å². The maximum absolute atomic E-state index is 11.9. The van der Waals surface area contributed by atoms with Crippen LogP contribution in [0.5, 0.6) is 0 Å². The van der Waals surface area contributed by atoms with Gasteiger partial charge in [-0.15, -0.1) is 0 Å². The van der Waals surface area contributed by atoms with Gasteiger partial charge in [-0.2, -0.15) is 0 Å². The Morgan fingerprint density at radius 1 is 1.56 bits per heavy atom. The molecular formula is C10H16N2O4. The first-order valence-corrected chi connectivity index (χ1v) is 5.44. The van der Waals surface area contributed by atoms with Gasteiger partial charge in [-0.3, -0.25) is 9.69 Å². The Hall–Kier alpha value is -1.14. The van der Waals surface area contributed by atoms with Crippen LogP contribution in [-0.4, -0.2) is 55.9 Å². The van der Waals surface area contributed by atoms with Gasteiger partial charge in [0.2, 0.25) is 0 Å². The Balaban J connectivity index is 1.98. The smallest absolute Gasteiger partial charge is 0.325 e. The standard InChI is InChI=1S/C10H16N2O4/c1-15-4-3-8-9(13)12(10(14)11-8)7-2-5-16-6-7/h7-8H,2-6H2,1H3,(H,11,14). The van der Waals surface area contributed by atoms with Crippen LogP contribution in [0.15, 0.2) is 0 Å². The molecule has 1 N–H and O–H groups in total. The first kappa shape index (κ1) is 11.3. The van der Waals surface area contributed by atoms with Crippen molar-refractivity contribution in [3.05, 3.63) is 0 Å². The third-order valence-electron chi connectivity index (χ3n) is 2.93. The lowest BCUT2D eigenvalue weighted by molar-refractivity contribution is -0.129. The van der Waals surface area contributed by atoms with Gasteiger partial charge in [0.15, 0.2) is 0 Å². The minimum atomic E-state index is -0.437. The average molecular weight is 228 g/mol. The molecule has 2 unspecified atom stereocenters. The number of nitrogens with one attached hydrogen (secondary N) is 1. The Labute approximate surface area is 93.9 Å². The number of nitrogens with zero attached hydrogens (tertiary/aromatic N) is 1. The zero-order valence-electron chi connectivity index (χ0n) is 9.27. The molecule has 2 saturated heterocycles. The highest BCUT2D eigenvalue weighted by Gasteiger charge is 2.42. The van der Waals surface area contributed by atoms with Crippen LogP contribution < -0.4 is 5.32 Å². The van der Waals surface area contributed by atoms with E-state index in [9.17, 15) is 9.59 Å². The predicted molar refractivity (Wildman–Crippen MR) is 54.9 cm³/mol. The van der Waals surface area contributed by atoms with Crippen LogP contribution in [0.4, 0.5) is 4.79 Å². The van der Waals surface area contributed by atoms with Crippen molar-refractivity contribution < 1.29 is 19.1 Å². The van der Waals surface area contributed by atoms with Crippen molar-refractivity contribution in [3.8, 4) is 0 Å². The molecule has 3 amide bonds. The predicted octanol–water partition coefficient (Wildman–Crippen LogP) is -0.268. The quantitative estimate of drug-likeness (QED) is 0.673. The summed E-state index contributed by atoms with van der Waals surface area (Å²) in [6, 6.07) is -0.838. The number of methoxy groups -OCH3 is 1. The van der Waals surface area contributed by atoms with E-state index in [1.54, 1.807) is 7.11 Å². The van der Waals surface area contributed by atoms with Crippen LogP contribution in [-0.2, 0) is 14.3 Å². The van der Waals surface area contributed by atoms with Crippen LogP contribution >= 0.6 is 0 Å². The number of carbonyl (C=O) groups is 2. The molecule has 0 aromatic carbocycles. The van der Waals surface area contributed by atoms with E-state index in [0.717, 1.165) is 6.42 Å². The van der Waals surface area contributed by atoms with Crippen LogP contribution in [0, 0.1) is 0 Å². The fourth-order valence-electron chi connectivity index (χ4n) is 2.05. The summed E-state index contributed by atoms with van der Waals surface area (Å²) in [6.45, 7) is 1.53. The van der Waals surface area contributed by atoms with Crippen molar-refractivity contribution >= 4 is 11.9 Å². The van der Waals surface area contributed by atoms with Crippen molar-refractivity contribution in [1.29, 1.82) is 0 Å². The number of amides is 3. The maximum atomic E-state index is 11.9. The highest BCUT2D eigenvalue weighted by atomic mass is 16.5. The van der Waals surface area contributed by atoms with Crippen LogP contribution in [0.2, 0.25) is 0 Å². The minimum absolute atomic E-state index is 0.0972. The summed E-state index contributed by atoms with van der Waals surface area (Å²) in [5.74, 6) is -0.155. The number of ether oxygens (including phenoxy) is 2. The van der Waals surface area contributed by atoms with Crippen molar-refractivity contribution in [2.45, 2.75) is 24.9 Å². The number of rotatable bonds is 4. The number of carbonyl (C=O) groups excluding carboxylic acids is 2. The lowest BCUT2D eigenvalue weighted by Gasteiger charge is -2.18. The van der Waals surface area contributed by atoms with Crippen molar-refractivity contribution in [1.82, 2.24) is 10.2 Å². The lowest BCUT2D eigenvalue weighted by atomic mass is 10.2. The molecule has 0 spiro atoms. The third-order valence-corrected chi connectivity index (χ3v) is 2.93. The van der Waals surface area contributed by atoms with Crippen molar-refractivity contribution in [2.75, 3.05) is 26.9 Å². The zero-order valence-corrected chi connectivity index (χ0v) is 9.27. The molecule has 0 aromatic heterocycles. The molecule has 6 heteroatoms. The van der Waals surface area contributed by atoms with Crippen LogP contribution in [0.1, 0.15) is 12.8 Å². The van der Waals surface area contributed by atoms with E-state index in [0.29, 0.717) is 26.2 Å². The largest absolute Gasteiger partial charge is 0.385 e. The van der Waals surface area contributed by atoms with E-state index in [4.69, 9.17) is 9.47 Å². The topological polar surface area (TPSA) is 67.9 Å². The molecule has 16 heavy (non-hydrogen) atoms. The molecule has 2 fully saturated rings. The number of imide groups is 1. The first-order valence-electron chi connectivity index (χ1n) is 5.44. The Bertz CT molecular complexity index is 289. The molecular weight excluding hydrogens is 212 g/mol. The molecule has 0 aromatic rings. The summed E-state index contributed by atoms with van der Waals surface area (Å²) < 4.78 is 10.1. The normalized spacial score (nSPS) is 29.9. The minimum Gasteiger partial charge on any atom is -0.385 e. The van der Waals surface area contributed by atoms with Gasteiger partial charge in [0, 0.05) is 26.7 Å². The summed E-state index contributed by atoms with van der Waals surface area (Å²) in [4.78, 5) is 24.9. The van der Waals surface area contributed by atoms with Gasteiger partial charge in [0.25, 0.3) is 5.91 Å². The Morgan fingerprint density at radius 2 is 2.38 bits per heavy atom. The van der Waals surface area contributed by atoms with Crippen molar-refractivity contribution in [3.63, 3.8) is 0 Å². The SMILES string of the molecule is COCCC1NC(=O)N(C2CCOC2)C1=O. The summed E-state index contributed by atoms with van der Waals surface area (Å²) >= 11 is 0. The lowest BCUT2D eigenvalue weighted by Crippen LogP contribution is -2.41. The third kappa shape index (κ3) is 2.03. The fourth-order valence-corrected chi connectivity index (χ4v) is 2.05.